The Morgan fingerprint density at radius 2 is 2.31 bits per heavy atom. The minimum absolute atomic E-state index is 0.0487. The number of rotatable bonds is 3. The number of carbonyl (C=O) groups excluding carboxylic acids is 1. The second kappa shape index (κ2) is 6.64. The van der Waals surface area contributed by atoms with Crippen LogP contribution in [0.5, 0.6) is 0 Å². The summed E-state index contributed by atoms with van der Waals surface area (Å²) in [4.78, 5) is 26.8. The molecular weight excluding hydrogens is 328 g/mol. The van der Waals surface area contributed by atoms with Crippen molar-refractivity contribution in [2.75, 3.05) is 18.0 Å². The molecule has 4 heterocycles. The number of amides is 1. The Morgan fingerprint density at radius 1 is 1.42 bits per heavy atom. The lowest BCUT2D eigenvalue weighted by molar-refractivity contribution is -0.125. The summed E-state index contributed by atoms with van der Waals surface area (Å²) < 4.78 is 0. The Morgan fingerprint density at radius 3 is 3.15 bits per heavy atom. The average molecular weight is 348 g/mol. The van der Waals surface area contributed by atoms with E-state index in [1.54, 1.807) is 6.20 Å². The van der Waals surface area contributed by atoms with Crippen molar-refractivity contribution in [3.05, 3.63) is 30.7 Å². The summed E-state index contributed by atoms with van der Waals surface area (Å²) >= 11 is 0. The topological polar surface area (TPSA) is 97.7 Å². The van der Waals surface area contributed by atoms with Crippen LogP contribution in [0.3, 0.4) is 0 Å². The van der Waals surface area contributed by atoms with Crippen molar-refractivity contribution in [1.82, 2.24) is 20.3 Å². The Kier molecular flexibility index (Phi) is 4.17. The molecule has 0 aromatic carbocycles. The van der Waals surface area contributed by atoms with Crippen molar-refractivity contribution in [3.63, 3.8) is 0 Å². The minimum atomic E-state index is -0.139. The molecule has 26 heavy (non-hydrogen) atoms. The molecule has 0 bridgehead atoms. The number of carbonyl (C=O) groups is 1. The Balaban J connectivity index is 1.75. The fraction of sp³-hybridized carbons (Fsp3) is 0.368. The maximum Gasteiger partial charge on any atom is 0.225 e. The number of pyridine rings is 2. The number of nitriles is 1. The first-order valence-electron chi connectivity index (χ1n) is 8.81. The number of aromatic amines is 1. The first kappa shape index (κ1) is 16.3. The number of nitrogens with zero attached hydrogens (tertiary/aromatic N) is 4. The number of hydrogen-bond donors (Lipinski definition) is 2. The largest absolute Gasteiger partial charge is 0.353 e. The zero-order valence-electron chi connectivity index (χ0n) is 14.6. The predicted molar refractivity (Wildman–Crippen MR) is 99.5 cm³/mol. The molecular formula is C19H20N6O. The van der Waals surface area contributed by atoms with Gasteiger partial charge in [-0.25, -0.2) is 9.97 Å². The van der Waals surface area contributed by atoms with Crippen molar-refractivity contribution < 1.29 is 4.79 Å². The third kappa shape index (κ3) is 2.73. The van der Waals surface area contributed by atoms with E-state index in [0.29, 0.717) is 6.54 Å². The van der Waals surface area contributed by atoms with E-state index in [2.05, 4.69) is 32.1 Å². The molecule has 2 unspecified atom stereocenters. The van der Waals surface area contributed by atoms with Gasteiger partial charge in [0.25, 0.3) is 0 Å². The van der Waals surface area contributed by atoms with Gasteiger partial charge in [0.05, 0.1) is 12.0 Å². The molecule has 1 fully saturated rings. The van der Waals surface area contributed by atoms with E-state index in [4.69, 9.17) is 5.26 Å². The van der Waals surface area contributed by atoms with Crippen LogP contribution in [-0.2, 0) is 4.79 Å². The molecule has 132 valence electrons. The zero-order valence-corrected chi connectivity index (χ0v) is 14.6. The van der Waals surface area contributed by atoms with Crippen LogP contribution in [0.2, 0.25) is 0 Å². The van der Waals surface area contributed by atoms with Crippen LogP contribution < -0.4 is 10.2 Å². The molecule has 3 aromatic heterocycles. The van der Waals surface area contributed by atoms with E-state index < -0.39 is 0 Å². The summed E-state index contributed by atoms with van der Waals surface area (Å²) in [5.41, 5.74) is 0.833. The monoisotopic (exact) mass is 348 g/mol. The Bertz CT molecular complexity index is 1000. The normalized spacial score (nSPS) is 20.2. The maximum atomic E-state index is 12.4. The fourth-order valence-electron chi connectivity index (χ4n) is 3.76. The molecule has 3 aromatic rings. The molecule has 4 rings (SSSR count). The molecule has 1 aliphatic rings. The second-order valence-electron chi connectivity index (χ2n) is 6.75. The van der Waals surface area contributed by atoms with Crippen molar-refractivity contribution in [2.24, 2.45) is 5.92 Å². The second-order valence-corrected chi connectivity index (χ2v) is 6.75. The van der Waals surface area contributed by atoms with Gasteiger partial charge in [0.1, 0.15) is 18.0 Å². The Labute approximate surface area is 151 Å². The van der Waals surface area contributed by atoms with Crippen LogP contribution in [0.4, 0.5) is 5.82 Å². The van der Waals surface area contributed by atoms with Crippen LogP contribution in [0, 0.1) is 17.2 Å². The van der Waals surface area contributed by atoms with Gasteiger partial charge in [-0.1, -0.05) is 0 Å². The molecule has 1 aliphatic heterocycles. The van der Waals surface area contributed by atoms with Crippen molar-refractivity contribution in [1.29, 1.82) is 5.26 Å². The number of nitrogens with one attached hydrogen (secondary N) is 2. The quantitative estimate of drug-likeness (QED) is 0.708. The lowest BCUT2D eigenvalue weighted by atomic mass is 9.92. The lowest BCUT2D eigenvalue weighted by Gasteiger charge is -2.38. The Hall–Kier alpha value is -3.14. The molecule has 2 N–H and O–H groups in total. The highest BCUT2D eigenvalue weighted by Gasteiger charge is 2.31. The summed E-state index contributed by atoms with van der Waals surface area (Å²) in [6.45, 7) is 2.81. The predicted octanol–water partition coefficient (Wildman–Crippen LogP) is 2.36. The molecule has 1 saturated heterocycles. The van der Waals surface area contributed by atoms with Gasteiger partial charge in [-0.2, -0.15) is 5.26 Å². The van der Waals surface area contributed by atoms with E-state index in [9.17, 15) is 4.79 Å². The van der Waals surface area contributed by atoms with E-state index in [1.165, 1.54) is 0 Å². The summed E-state index contributed by atoms with van der Waals surface area (Å²) in [5.74, 6) is 0.692. The van der Waals surface area contributed by atoms with Gasteiger partial charge in [0.15, 0.2) is 0 Å². The van der Waals surface area contributed by atoms with Gasteiger partial charge in [-0.05, 0) is 31.9 Å². The van der Waals surface area contributed by atoms with Gasteiger partial charge in [-0.3, -0.25) is 4.79 Å². The fourth-order valence-corrected chi connectivity index (χ4v) is 3.76. The van der Waals surface area contributed by atoms with E-state index >= 15 is 0 Å². The van der Waals surface area contributed by atoms with Crippen molar-refractivity contribution in [2.45, 2.75) is 25.8 Å². The standard InChI is InChI=1S/C19H20N6O/c1-12-2-3-14(19(26)23-9-6-20)11-25(12)18-16-13(4-7-22-18)10-24-17-15(16)5-8-21-17/h4-5,7-8,10,12,14H,2-3,9,11H2,1H3,(H,21,24)(H,23,26). The molecule has 1 amide bonds. The molecule has 7 heteroatoms. The van der Waals surface area contributed by atoms with E-state index in [1.807, 2.05) is 30.6 Å². The lowest BCUT2D eigenvalue weighted by Crippen LogP contribution is -2.47. The molecule has 0 spiro atoms. The van der Waals surface area contributed by atoms with Gasteiger partial charge in [-0.15, -0.1) is 0 Å². The highest BCUT2D eigenvalue weighted by atomic mass is 16.1. The van der Waals surface area contributed by atoms with Gasteiger partial charge in [0.2, 0.25) is 5.91 Å². The van der Waals surface area contributed by atoms with Crippen LogP contribution >= 0.6 is 0 Å². The first-order valence-corrected chi connectivity index (χ1v) is 8.81. The van der Waals surface area contributed by atoms with Crippen LogP contribution in [0.1, 0.15) is 19.8 Å². The third-order valence-corrected chi connectivity index (χ3v) is 5.16. The van der Waals surface area contributed by atoms with Gasteiger partial charge < -0.3 is 15.2 Å². The number of piperidine rings is 1. The number of H-pyrrole nitrogens is 1. The third-order valence-electron chi connectivity index (χ3n) is 5.16. The molecule has 7 nitrogen and oxygen atoms in total. The van der Waals surface area contributed by atoms with Crippen molar-refractivity contribution >= 4 is 33.5 Å². The summed E-state index contributed by atoms with van der Waals surface area (Å²) in [6.07, 6.45) is 7.26. The van der Waals surface area contributed by atoms with E-state index in [-0.39, 0.29) is 24.4 Å². The smallest absolute Gasteiger partial charge is 0.225 e. The van der Waals surface area contributed by atoms with Crippen LogP contribution in [-0.4, -0.2) is 40.0 Å². The molecule has 0 aliphatic carbocycles. The van der Waals surface area contributed by atoms with Gasteiger partial charge in [0, 0.05) is 47.3 Å². The average Bonchev–Trinajstić information content (AvgIpc) is 3.15. The molecule has 0 radical (unpaired) electrons. The van der Waals surface area contributed by atoms with Crippen LogP contribution in [0.25, 0.3) is 21.8 Å². The summed E-state index contributed by atoms with van der Waals surface area (Å²) in [5, 5.41) is 14.5. The number of aromatic nitrogens is 3. The van der Waals surface area contributed by atoms with Gasteiger partial charge >= 0.3 is 0 Å². The highest BCUT2D eigenvalue weighted by Crippen LogP contribution is 2.34. The highest BCUT2D eigenvalue weighted by molar-refractivity contribution is 6.10. The van der Waals surface area contributed by atoms with Crippen molar-refractivity contribution in [3.8, 4) is 6.07 Å². The number of anilines is 1. The number of fused-ring (bicyclic) bond motifs is 3. The van der Waals surface area contributed by atoms with Crippen LogP contribution in [0.15, 0.2) is 30.7 Å². The molecule has 2 atom stereocenters. The SMILES string of the molecule is CC1CCC(C(=O)NCC#N)CN1c1nccc2cnc3[nH]ccc3c12. The molecule has 0 saturated carbocycles. The number of hydrogen-bond acceptors (Lipinski definition) is 5. The minimum Gasteiger partial charge on any atom is -0.353 e. The summed E-state index contributed by atoms with van der Waals surface area (Å²) in [6, 6.07) is 6.23. The summed E-state index contributed by atoms with van der Waals surface area (Å²) in [7, 11) is 0. The first-order chi connectivity index (χ1) is 12.7. The van der Waals surface area contributed by atoms with E-state index in [0.717, 1.165) is 40.5 Å². The zero-order chi connectivity index (χ0) is 18.1. The maximum absolute atomic E-state index is 12.4.